The molecule has 1 aliphatic heterocycles. The summed E-state index contributed by atoms with van der Waals surface area (Å²) in [6.07, 6.45) is 2.10. The lowest BCUT2D eigenvalue weighted by Gasteiger charge is -2.21. The van der Waals surface area contributed by atoms with Crippen molar-refractivity contribution in [3.63, 3.8) is 0 Å². The van der Waals surface area contributed by atoms with Crippen molar-refractivity contribution in [2.45, 2.75) is 25.6 Å². The second-order valence-corrected chi connectivity index (χ2v) is 4.87. The Morgan fingerprint density at radius 3 is 3.00 bits per heavy atom. The number of aromatic nitrogens is 2. The molecule has 3 rings (SSSR count). The second kappa shape index (κ2) is 4.97. The maximum atomic E-state index is 11.1. The predicted octanol–water partition coefficient (Wildman–Crippen LogP) is 0.736. The number of rotatable bonds is 3. The number of imidazole rings is 1. The van der Waals surface area contributed by atoms with Crippen LogP contribution < -0.4 is 5.32 Å². The van der Waals surface area contributed by atoms with Crippen molar-refractivity contribution in [2.24, 2.45) is 0 Å². The van der Waals surface area contributed by atoms with E-state index < -0.39 is 12.0 Å². The molecule has 6 nitrogen and oxygen atoms in total. The fraction of sp³-hybridized carbons (Fsp3) is 0.286. The van der Waals surface area contributed by atoms with Gasteiger partial charge in [-0.15, -0.1) is 0 Å². The van der Waals surface area contributed by atoms with Crippen LogP contribution in [0.2, 0.25) is 0 Å². The first-order valence-electron chi connectivity index (χ1n) is 6.41. The largest absolute Gasteiger partial charge is 0.508 e. The topological polar surface area (TPSA) is 87.4 Å². The standard InChI is InChI=1S/C14H15N3O3/c18-13-4-2-1-3-9(13)7-17-8-16-11-6-15-10(14(19)20)5-12(11)17/h1-4,8,10,15,18H,5-7H2,(H,19,20). The van der Waals surface area contributed by atoms with Gasteiger partial charge in [-0.3, -0.25) is 10.1 Å². The number of carboxylic acid groups (broad SMARTS) is 1. The van der Waals surface area contributed by atoms with Crippen molar-refractivity contribution in [2.75, 3.05) is 0 Å². The molecule has 0 saturated heterocycles. The highest BCUT2D eigenvalue weighted by atomic mass is 16.4. The summed E-state index contributed by atoms with van der Waals surface area (Å²) >= 11 is 0. The molecule has 0 saturated carbocycles. The van der Waals surface area contributed by atoms with Crippen LogP contribution in [0.1, 0.15) is 17.0 Å². The molecular formula is C14H15N3O3. The lowest BCUT2D eigenvalue weighted by atomic mass is 10.1. The molecule has 0 amide bonds. The first-order valence-corrected chi connectivity index (χ1v) is 6.41. The number of nitrogens with zero attached hydrogens (tertiary/aromatic N) is 2. The third kappa shape index (κ3) is 2.25. The Bertz CT molecular complexity index is 651. The molecule has 0 bridgehead atoms. The van der Waals surface area contributed by atoms with Crippen LogP contribution in [0.25, 0.3) is 0 Å². The van der Waals surface area contributed by atoms with Gasteiger partial charge in [0, 0.05) is 24.2 Å². The van der Waals surface area contributed by atoms with Gasteiger partial charge in [-0.25, -0.2) is 4.98 Å². The molecule has 1 unspecified atom stereocenters. The molecule has 104 valence electrons. The Hall–Kier alpha value is -2.34. The highest BCUT2D eigenvalue weighted by Gasteiger charge is 2.27. The molecule has 0 fully saturated rings. The lowest BCUT2D eigenvalue weighted by Crippen LogP contribution is -2.42. The van der Waals surface area contributed by atoms with Gasteiger partial charge in [-0.2, -0.15) is 0 Å². The molecule has 1 aliphatic rings. The van der Waals surface area contributed by atoms with Crippen LogP contribution in [-0.2, 0) is 24.3 Å². The minimum absolute atomic E-state index is 0.235. The summed E-state index contributed by atoms with van der Waals surface area (Å²) in [7, 11) is 0. The molecule has 20 heavy (non-hydrogen) atoms. The fourth-order valence-corrected chi connectivity index (χ4v) is 2.46. The molecule has 1 atom stereocenters. The smallest absolute Gasteiger partial charge is 0.321 e. The summed E-state index contributed by atoms with van der Waals surface area (Å²) in [5.74, 6) is -0.621. The van der Waals surface area contributed by atoms with E-state index in [-0.39, 0.29) is 5.75 Å². The number of hydrogen-bond acceptors (Lipinski definition) is 4. The van der Waals surface area contributed by atoms with Crippen molar-refractivity contribution >= 4 is 5.97 Å². The van der Waals surface area contributed by atoms with Crippen LogP contribution in [0, 0.1) is 0 Å². The van der Waals surface area contributed by atoms with E-state index in [2.05, 4.69) is 10.3 Å². The van der Waals surface area contributed by atoms with Gasteiger partial charge >= 0.3 is 5.97 Å². The van der Waals surface area contributed by atoms with Gasteiger partial charge in [0.25, 0.3) is 0 Å². The number of benzene rings is 1. The summed E-state index contributed by atoms with van der Waals surface area (Å²) in [6.45, 7) is 0.946. The van der Waals surface area contributed by atoms with Gasteiger partial charge in [-0.05, 0) is 6.07 Å². The normalized spacial score (nSPS) is 17.7. The molecule has 6 heteroatoms. The molecule has 2 heterocycles. The number of hydrogen-bond donors (Lipinski definition) is 3. The van der Waals surface area contributed by atoms with E-state index >= 15 is 0 Å². The summed E-state index contributed by atoms with van der Waals surface area (Å²) in [5.41, 5.74) is 2.58. The monoisotopic (exact) mass is 273 g/mol. The zero-order valence-electron chi connectivity index (χ0n) is 10.8. The number of nitrogens with one attached hydrogen (secondary N) is 1. The number of fused-ring (bicyclic) bond motifs is 1. The zero-order valence-corrected chi connectivity index (χ0v) is 10.8. The maximum absolute atomic E-state index is 11.1. The van der Waals surface area contributed by atoms with E-state index in [1.807, 2.05) is 16.7 Å². The number of aliphatic carboxylic acids is 1. The van der Waals surface area contributed by atoms with E-state index in [4.69, 9.17) is 5.11 Å². The Morgan fingerprint density at radius 1 is 1.45 bits per heavy atom. The van der Waals surface area contributed by atoms with E-state index in [1.165, 1.54) is 0 Å². The van der Waals surface area contributed by atoms with E-state index in [9.17, 15) is 9.90 Å². The Balaban J connectivity index is 1.88. The van der Waals surface area contributed by atoms with Crippen LogP contribution >= 0.6 is 0 Å². The van der Waals surface area contributed by atoms with Crippen LogP contribution in [0.5, 0.6) is 5.75 Å². The zero-order chi connectivity index (χ0) is 14.1. The molecule has 1 aromatic carbocycles. The van der Waals surface area contributed by atoms with E-state index in [0.29, 0.717) is 19.5 Å². The van der Waals surface area contributed by atoms with Gasteiger partial charge < -0.3 is 14.8 Å². The van der Waals surface area contributed by atoms with Gasteiger partial charge in [-0.1, -0.05) is 18.2 Å². The number of phenols is 1. The fourth-order valence-electron chi connectivity index (χ4n) is 2.46. The first-order chi connectivity index (χ1) is 9.65. The van der Waals surface area contributed by atoms with Gasteiger partial charge in [0.05, 0.1) is 18.6 Å². The minimum Gasteiger partial charge on any atom is -0.508 e. The Morgan fingerprint density at radius 2 is 2.25 bits per heavy atom. The average molecular weight is 273 g/mol. The second-order valence-electron chi connectivity index (χ2n) is 4.87. The third-order valence-corrected chi connectivity index (χ3v) is 3.58. The quantitative estimate of drug-likeness (QED) is 0.767. The van der Waals surface area contributed by atoms with Crippen LogP contribution in [0.15, 0.2) is 30.6 Å². The van der Waals surface area contributed by atoms with E-state index in [1.54, 1.807) is 18.5 Å². The number of phenolic OH excluding ortho intramolecular Hbond substituents is 1. The maximum Gasteiger partial charge on any atom is 0.321 e. The number of carboxylic acids is 1. The SMILES string of the molecule is O=C(O)C1Cc2c(ncn2Cc2ccccc2O)CN1. The third-order valence-electron chi connectivity index (χ3n) is 3.58. The molecule has 1 aromatic heterocycles. The summed E-state index contributed by atoms with van der Waals surface area (Å²) in [6, 6.07) is 6.53. The molecule has 3 N–H and O–H groups in total. The van der Waals surface area contributed by atoms with Gasteiger partial charge in [0.1, 0.15) is 11.8 Å². The molecular weight excluding hydrogens is 258 g/mol. The van der Waals surface area contributed by atoms with Crippen molar-refractivity contribution in [1.82, 2.24) is 14.9 Å². The number of carbonyl (C=O) groups is 1. The van der Waals surface area contributed by atoms with Gasteiger partial charge in [0.15, 0.2) is 0 Å². The van der Waals surface area contributed by atoms with Crippen molar-refractivity contribution < 1.29 is 15.0 Å². The predicted molar refractivity (Wildman–Crippen MR) is 71.4 cm³/mol. The van der Waals surface area contributed by atoms with Crippen molar-refractivity contribution in [1.29, 1.82) is 0 Å². The van der Waals surface area contributed by atoms with Crippen molar-refractivity contribution in [3.8, 4) is 5.75 Å². The lowest BCUT2D eigenvalue weighted by molar-refractivity contribution is -0.139. The molecule has 0 spiro atoms. The molecule has 0 aliphatic carbocycles. The Labute approximate surface area is 115 Å². The summed E-state index contributed by atoms with van der Waals surface area (Å²) in [5, 5.41) is 21.8. The summed E-state index contributed by atoms with van der Waals surface area (Å²) < 4.78 is 1.90. The van der Waals surface area contributed by atoms with Crippen LogP contribution in [-0.4, -0.2) is 31.8 Å². The molecule has 2 aromatic rings. The van der Waals surface area contributed by atoms with E-state index in [0.717, 1.165) is 17.0 Å². The highest BCUT2D eigenvalue weighted by molar-refractivity contribution is 5.74. The molecule has 0 radical (unpaired) electrons. The number of aromatic hydroxyl groups is 1. The highest BCUT2D eigenvalue weighted by Crippen LogP contribution is 2.21. The first kappa shape index (κ1) is 12.7. The average Bonchev–Trinajstić information content (AvgIpc) is 2.84. The number of para-hydroxylation sites is 1. The Kier molecular flexibility index (Phi) is 3.15. The van der Waals surface area contributed by atoms with Crippen LogP contribution in [0.4, 0.5) is 0 Å². The van der Waals surface area contributed by atoms with Crippen LogP contribution in [0.3, 0.4) is 0 Å². The summed E-state index contributed by atoms with van der Waals surface area (Å²) in [4.78, 5) is 15.4. The van der Waals surface area contributed by atoms with Crippen molar-refractivity contribution in [3.05, 3.63) is 47.5 Å². The van der Waals surface area contributed by atoms with Gasteiger partial charge in [0.2, 0.25) is 0 Å². The minimum atomic E-state index is -0.856.